The molecule has 0 atom stereocenters. The number of hydrogen-bond donors (Lipinski definition) is 2. The van der Waals surface area contributed by atoms with Gasteiger partial charge in [0.15, 0.2) is 0 Å². The molecule has 0 spiro atoms. The largest absolute Gasteiger partial charge is 0.361 e. The molecular formula is C18H15ClN4O5. The highest BCUT2D eigenvalue weighted by Crippen LogP contribution is 2.28. The van der Waals surface area contributed by atoms with Crippen LogP contribution < -0.4 is 5.32 Å². The van der Waals surface area contributed by atoms with Crippen molar-refractivity contribution in [2.45, 2.75) is 13.3 Å². The van der Waals surface area contributed by atoms with Crippen molar-refractivity contribution in [1.29, 1.82) is 0 Å². The third-order valence-corrected chi connectivity index (χ3v) is 4.66. The number of nitro benzene ring substituents is 2. The van der Waals surface area contributed by atoms with Crippen LogP contribution in [0.4, 0.5) is 11.4 Å². The van der Waals surface area contributed by atoms with Crippen molar-refractivity contribution in [3.8, 4) is 0 Å². The summed E-state index contributed by atoms with van der Waals surface area (Å²) < 4.78 is 0. The van der Waals surface area contributed by atoms with E-state index in [1.165, 1.54) is 6.92 Å². The number of aromatic nitrogens is 1. The number of halogens is 1. The topological polar surface area (TPSA) is 131 Å². The van der Waals surface area contributed by atoms with Crippen LogP contribution in [0.5, 0.6) is 0 Å². The third-order valence-electron chi connectivity index (χ3n) is 4.43. The molecule has 9 nitrogen and oxygen atoms in total. The van der Waals surface area contributed by atoms with Gasteiger partial charge in [-0.3, -0.25) is 25.0 Å². The van der Waals surface area contributed by atoms with Gasteiger partial charge >= 0.3 is 0 Å². The second-order valence-corrected chi connectivity index (χ2v) is 6.60. The van der Waals surface area contributed by atoms with Gasteiger partial charge in [-0.05, 0) is 37.1 Å². The first-order chi connectivity index (χ1) is 13.3. The summed E-state index contributed by atoms with van der Waals surface area (Å²) in [6.07, 6.45) is 2.30. The van der Waals surface area contributed by atoms with E-state index < -0.39 is 27.1 Å². The molecule has 1 aromatic heterocycles. The van der Waals surface area contributed by atoms with Gasteiger partial charge in [-0.2, -0.15) is 0 Å². The van der Waals surface area contributed by atoms with Crippen LogP contribution in [-0.4, -0.2) is 27.3 Å². The summed E-state index contributed by atoms with van der Waals surface area (Å²) in [6, 6.07) is 7.33. The molecule has 1 heterocycles. The fraction of sp³-hybridized carbons (Fsp3) is 0.167. The summed E-state index contributed by atoms with van der Waals surface area (Å²) in [5, 5.41) is 26.3. The van der Waals surface area contributed by atoms with Gasteiger partial charge in [0.25, 0.3) is 17.3 Å². The molecule has 144 valence electrons. The predicted molar refractivity (Wildman–Crippen MR) is 104 cm³/mol. The molecule has 28 heavy (non-hydrogen) atoms. The maximum Gasteiger partial charge on any atom is 0.279 e. The number of nitro groups is 2. The van der Waals surface area contributed by atoms with Gasteiger partial charge in [0.2, 0.25) is 0 Å². The Hall–Kier alpha value is -3.46. The minimum Gasteiger partial charge on any atom is -0.361 e. The van der Waals surface area contributed by atoms with E-state index >= 15 is 0 Å². The summed E-state index contributed by atoms with van der Waals surface area (Å²) in [5.41, 5.74) is 0.865. The lowest BCUT2D eigenvalue weighted by atomic mass is 10.0. The number of nitrogens with one attached hydrogen (secondary N) is 2. The molecule has 3 aromatic rings. The van der Waals surface area contributed by atoms with Gasteiger partial charge in [0.05, 0.1) is 21.5 Å². The van der Waals surface area contributed by atoms with Crippen LogP contribution in [0.3, 0.4) is 0 Å². The highest BCUT2D eigenvalue weighted by atomic mass is 35.5. The minimum absolute atomic E-state index is 0.0759. The van der Waals surface area contributed by atoms with Crippen molar-refractivity contribution in [3.05, 3.63) is 78.5 Å². The Bertz CT molecular complexity index is 1110. The fourth-order valence-corrected chi connectivity index (χ4v) is 3.15. The standard InChI is InChI=1S/C18H15ClN4O5/c1-10-14(7-13(22(25)26)8-17(10)23(27)28)18(24)20-5-4-11-9-21-16-3-2-12(19)6-15(11)16/h2-3,6-9,21H,4-5H2,1H3,(H,20,24). The second-order valence-electron chi connectivity index (χ2n) is 6.16. The first-order valence-corrected chi connectivity index (χ1v) is 8.63. The molecule has 0 saturated heterocycles. The molecule has 0 aliphatic rings. The number of nitrogens with zero attached hydrogens (tertiary/aromatic N) is 2. The first kappa shape index (κ1) is 19.3. The van der Waals surface area contributed by atoms with Crippen LogP contribution in [0, 0.1) is 27.2 Å². The third kappa shape index (κ3) is 3.79. The van der Waals surface area contributed by atoms with E-state index in [4.69, 9.17) is 11.6 Å². The quantitative estimate of drug-likeness (QED) is 0.476. The second kappa shape index (κ2) is 7.65. The maximum absolute atomic E-state index is 12.5. The Morgan fingerprint density at radius 3 is 2.61 bits per heavy atom. The van der Waals surface area contributed by atoms with Gasteiger partial charge in [-0.15, -0.1) is 0 Å². The number of carbonyl (C=O) groups excluding carboxylic acids is 1. The van der Waals surface area contributed by atoms with E-state index in [-0.39, 0.29) is 17.7 Å². The van der Waals surface area contributed by atoms with Crippen LogP contribution in [0.1, 0.15) is 21.5 Å². The molecule has 0 bridgehead atoms. The number of amides is 1. The van der Waals surface area contributed by atoms with Gasteiger partial charge in [0.1, 0.15) is 0 Å². The summed E-state index contributed by atoms with van der Waals surface area (Å²) in [6.45, 7) is 1.63. The van der Waals surface area contributed by atoms with E-state index in [9.17, 15) is 25.0 Å². The Labute approximate surface area is 163 Å². The Morgan fingerprint density at radius 1 is 1.18 bits per heavy atom. The van der Waals surface area contributed by atoms with Crippen LogP contribution in [0.2, 0.25) is 5.02 Å². The number of H-pyrrole nitrogens is 1. The van der Waals surface area contributed by atoms with Crippen molar-refractivity contribution < 1.29 is 14.6 Å². The molecule has 2 aromatic carbocycles. The lowest BCUT2D eigenvalue weighted by Crippen LogP contribution is -2.26. The molecule has 0 radical (unpaired) electrons. The van der Waals surface area contributed by atoms with Gasteiger partial charge in [-0.1, -0.05) is 11.6 Å². The Balaban J connectivity index is 1.78. The highest BCUT2D eigenvalue weighted by Gasteiger charge is 2.24. The SMILES string of the molecule is Cc1c(C(=O)NCCc2c[nH]c3ccc(Cl)cc23)cc([N+](=O)[O-])cc1[N+](=O)[O-]. The van der Waals surface area contributed by atoms with E-state index in [1.807, 2.05) is 18.3 Å². The summed E-state index contributed by atoms with van der Waals surface area (Å²) >= 11 is 6.02. The normalized spacial score (nSPS) is 10.8. The lowest BCUT2D eigenvalue weighted by molar-refractivity contribution is -0.394. The monoisotopic (exact) mass is 402 g/mol. The molecule has 0 fully saturated rings. The zero-order valence-corrected chi connectivity index (χ0v) is 15.4. The van der Waals surface area contributed by atoms with E-state index in [1.54, 1.807) is 6.07 Å². The van der Waals surface area contributed by atoms with Crippen molar-refractivity contribution in [2.24, 2.45) is 0 Å². The maximum atomic E-state index is 12.5. The fourth-order valence-electron chi connectivity index (χ4n) is 2.98. The van der Waals surface area contributed by atoms with Crippen LogP contribution in [0.15, 0.2) is 36.5 Å². The number of hydrogen-bond acceptors (Lipinski definition) is 5. The zero-order valence-electron chi connectivity index (χ0n) is 14.7. The lowest BCUT2D eigenvalue weighted by Gasteiger charge is -2.08. The van der Waals surface area contributed by atoms with Crippen LogP contribution in [-0.2, 0) is 6.42 Å². The Morgan fingerprint density at radius 2 is 1.93 bits per heavy atom. The number of benzene rings is 2. The van der Waals surface area contributed by atoms with Crippen LogP contribution >= 0.6 is 11.6 Å². The van der Waals surface area contributed by atoms with Crippen molar-refractivity contribution in [3.63, 3.8) is 0 Å². The number of fused-ring (bicyclic) bond motifs is 1. The molecule has 1 amide bonds. The molecular weight excluding hydrogens is 388 g/mol. The molecule has 10 heteroatoms. The van der Waals surface area contributed by atoms with E-state index in [0.717, 1.165) is 28.6 Å². The average molecular weight is 403 g/mol. The smallest absolute Gasteiger partial charge is 0.279 e. The van der Waals surface area contributed by atoms with Crippen LogP contribution in [0.25, 0.3) is 10.9 Å². The molecule has 0 aliphatic heterocycles. The van der Waals surface area contributed by atoms with E-state index in [0.29, 0.717) is 11.4 Å². The first-order valence-electron chi connectivity index (χ1n) is 8.25. The van der Waals surface area contributed by atoms with Gasteiger partial charge < -0.3 is 10.3 Å². The van der Waals surface area contributed by atoms with E-state index in [2.05, 4.69) is 10.3 Å². The average Bonchev–Trinajstić information content (AvgIpc) is 3.03. The number of rotatable bonds is 6. The summed E-state index contributed by atoms with van der Waals surface area (Å²) in [4.78, 5) is 36.2. The van der Waals surface area contributed by atoms with Gasteiger partial charge in [-0.25, -0.2) is 0 Å². The number of non-ortho nitro benzene ring substituents is 1. The van der Waals surface area contributed by atoms with Gasteiger partial charge in [0, 0.05) is 40.3 Å². The molecule has 0 aliphatic carbocycles. The number of carbonyl (C=O) groups is 1. The number of aromatic amines is 1. The van der Waals surface area contributed by atoms with Crippen molar-refractivity contribution in [2.75, 3.05) is 6.54 Å². The zero-order chi connectivity index (χ0) is 20.4. The highest BCUT2D eigenvalue weighted by molar-refractivity contribution is 6.31. The van der Waals surface area contributed by atoms with Crippen molar-refractivity contribution in [1.82, 2.24) is 10.3 Å². The molecule has 0 unspecified atom stereocenters. The summed E-state index contributed by atoms with van der Waals surface area (Å²) in [5.74, 6) is -0.609. The minimum atomic E-state index is -0.765. The Kier molecular flexibility index (Phi) is 5.27. The molecule has 0 saturated carbocycles. The molecule has 3 rings (SSSR count). The molecule has 2 N–H and O–H groups in total. The predicted octanol–water partition coefficient (Wildman–Crippen LogP) is 3.92. The van der Waals surface area contributed by atoms with Crippen molar-refractivity contribution >= 4 is 39.8 Å². The summed E-state index contributed by atoms with van der Waals surface area (Å²) in [7, 11) is 0.